The first-order chi connectivity index (χ1) is 9.08. The van der Waals surface area contributed by atoms with Gasteiger partial charge in [-0.15, -0.1) is 6.58 Å². The molecule has 0 unspecified atom stereocenters. The highest BCUT2D eigenvalue weighted by Gasteiger charge is 2.02. The van der Waals surface area contributed by atoms with Crippen LogP contribution in [0.3, 0.4) is 0 Å². The Labute approximate surface area is 116 Å². The molecule has 0 fully saturated rings. The first kappa shape index (κ1) is 15.1. The van der Waals surface area contributed by atoms with Crippen molar-refractivity contribution >= 4 is 11.6 Å². The Hall–Kier alpha value is -1.97. The number of anilines is 1. The molecule has 4 nitrogen and oxygen atoms in total. The molecule has 1 aromatic rings. The molecule has 0 aromatic heterocycles. The highest BCUT2D eigenvalue weighted by molar-refractivity contribution is 5.79. The van der Waals surface area contributed by atoms with E-state index >= 15 is 0 Å². The smallest absolute Gasteiger partial charge is 0.191 e. The molecule has 0 aliphatic heterocycles. The second kappa shape index (κ2) is 7.46. The van der Waals surface area contributed by atoms with Crippen LogP contribution >= 0.6 is 0 Å². The summed E-state index contributed by atoms with van der Waals surface area (Å²) in [4.78, 5) is 6.26. The molecule has 0 aliphatic carbocycles. The van der Waals surface area contributed by atoms with Gasteiger partial charge in [0.2, 0.25) is 0 Å². The van der Waals surface area contributed by atoms with Crippen LogP contribution in [0.1, 0.15) is 11.1 Å². The Morgan fingerprint density at radius 2 is 2.11 bits per heavy atom. The number of aryl methyl sites for hydroxylation is 1. The number of benzene rings is 1. The molecular formula is C15H24N4. The number of nitrogens with one attached hydrogen (secondary N) is 2. The van der Waals surface area contributed by atoms with E-state index < -0.39 is 0 Å². The van der Waals surface area contributed by atoms with Crippen LogP contribution in [0.5, 0.6) is 0 Å². The minimum absolute atomic E-state index is 0.707. The summed E-state index contributed by atoms with van der Waals surface area (Å²) in [5.41, 5.74) is 3.76. The number of rotatable bonds is 5. The largest absolute Gasteiger partial charge is 0.378 e. The van der Waals surface area contributed by atoms with Gasteiger partial charge in [-0.2, -0.15) is 0 Å². The number of nitrogens with zero attached hydrogens (tertiary/aromatic N) is 2. The molecule has 0 aliphatic rings. The maximum absolute atomic E-state index is 4.15. The van der Waals surface area contributed by atoms with E-state index in [-0.39, 0.29) is 0 Å². The first-order valence-electron chi connectivity index (χ1n) is 6.40. The summed E-state index contributed by atoms with van der Waals surface area (Å²) in [6.45, 7) is 7.27. The van der Waals surface area contributed by atoms with Gasteiger partial charge in [0.1, 0.15) is 0 Å². The van der Waals surface area contributed by atoms with Gasteiger partial charge in [0.15, 0.2) is 5.96 Å². The van der Waals surface area contributed by atoms with Crippen molar-refractivity contribution < 1.29 is 0 Å². The van der Waals surface area contributed by atoms with Crippen LogP contribution in [0, 0.1) is 6.92 Å². The maximum Gasteiger partial charge on any atom is 0.191 e. The normalized spacial score (nSPS) is 11.1. The van der Waals surface area contributed by atoms with Crippen LogP contribution in [-0.2, 0) is 6.54 Å². The summed E-state index contributed by atoms with van der Waals surface area (Å²) in [6.07, 6.45) is 1.81. The minimum Gasteiger partial charge on any atom is -0.378 e. The lowest BCUT2D eigenvalue weighted by atomic mass is 10.1. The molecule has 1 aromatic carbocycles. The average Bonchev–Trinajstić information content (AvgIpc) is 2.40. The van der Waals surface area contributed by atoms with Crippen molar-refractivity contribution in [1.82, 2.24) is 10.6 Å². The molecule has 0 spiro atoms. The predicted molar refractivity (Wildman–Crippen MR) is 83.9 cm³/mol. The molecule has 0 saturated carbocycles. The topological polar surface area (TPSA) is 39.7 Å². The van der Waals surface area contributed by atoms with Crippen molar-refractivity contribution in [3.63, 3.8) is 0 Å². The Morgan fingerprint density at radius 1 is 1.37 bits per heavy atom. The van der Waals surface area contributed by atoms with Crippen LogP contribution in [0.15, 0.2) is 35.8 Å². The molecular weight excluding hydrogens is 236 g/mol. The van der Waals surface area contributed by atoms with E-state index in [0.29, 0.717) is 6.54 Å². The third kappa shape index (κ3) is 4.66. The molecule has 0 heterocycles. The fraction of sp³-hybridized carbons (Fsp3) is 0.400. The van der Waals surface area contributed by atoms with Crippen molar-refractivity contribution in [3.05, 3.63) is 42.0 Å². The third-order valence-electron chi connectivity index (χ3n) is 2.93. The van der Waals surface area contributed by atoms with E-state index in [1.165, 1.54) is 16.8 Å². The summed E-state index contributed by atoms with van der Waals surface area (Å²) in [5.74, 6) is 0.788. The van der Waals surface area contributed by atoms with Crippen molar-refractivity contribution in [1.29, 1.82) is 0 Å². The van der Waals surface area contributed by atoms with Crippen molar-refractivity contribution in [2.75, 3.05) is 32.6 Å². The molecule has 104 valence electrons. The lowest BCUT2D eigenvalue weighted by Gasteiger charge is -2.16. The zero-order valence-electron chi connectivity index (χ0n) is 12.3. The predicted octanol–water partition coefficient (Wildman–Crippen LogP) is 1.91. The molecule has 1 rings (SSSR count). The minimum atomic E-state index is 0.707. The number of guanidine groups is 1. The van der Waals surface area contributed by atoms with Gasteiger partial charge in [-0.3, -0.25) is 4.99 Å². The Morgan fingerprint density at radius 3 is 2.63 bits per heavy atom. The molecule has 19 heavy (non-hydrogen) atoms. The second-order valence-corrected chi connectivity index (χ2v) is 4.60. The molecule has 0 saturated heterocycles. The molecule has 0 amide bonds. The maximum atomic E-state index is 4.15. The highest BCUT2D eigenvalue weighted by atomic mass is 15.2. The fourth-order valence-corrected chi connectivity index (χ4v) is 1.72. The summed E-state index contributed by atoms with van der Waals surface area (Å²) in [7, 11) is 5.86. The van der Waals surface area contributed by atoms with Gasteiger partial charge in [-0.25, -0.2) is 0 Å². The van der Waals surface area contributed by atoms with Crippen LogP contribution < -0.4 is 15.5 Å². The Kier molecular flexibility index (Phi) is 5.93. The van der Waals surface area contributed by atoms with Gasteiger partial charge >= 0.3 is 0 Å². The highest BCUT2D eigenvalue weighted by Crippen LogP contribution is 2.17. The Balaban J connectivity index is 2.65. The van der Waals surface area contributed by atoms with Gasteiger partial charge in [-0.05, 0) is 30.2 Å². The zero-order chi connectivity index (χ0) is 14.3. The lowest BCUT2D eigenvalue weighted by molar-refractivity contribution is 0.842. The molecule has 4 heteroatoms. The van der Waals surface area contributed by atoms with Gasteiger partial charge in [0.25, 0.3) is 0 Å². The fourth-order valence-electron chi connectivity index (χ4n) is 1.72. The second-order valence-electron chi connectivity index (χ2n) is 4.60. The number of hydrogen-bond donors (Lipinski definition) is 2. The van der Waals surface area contributed by atoms with E-state index in [2.05, 4.69) is 52.2 Å². The van der Waals surface area contributed by atoms with Gasteiger partial charge in [-0.1, -0.05) is 12.1 Å². The van der Waals surface area contributed by atoms with Crippen LogP contribution in [0.25, 0.3) is 0 Å². The third-order valence-corrected chi connectivity index (χ3v) is 2.93. The summed E-state index contributed by atoms with van der Waals surface area (Å²) in [5, 5.41) is 6.44. The zero-order valence-corrected chi connectivity index (χ0v) is 12.3. The van der Waals surface area contributed by atoms with Crippen LogP contribution in [0.2, 0.25) is 0 Å². The first-order valence-corrected chi connectivity index (χ1v) is 6.40. The molecule has 0 radical (unpaired) electrons. The van der Waals surface area contributed by atoms with E-state index in [1.54, 1.807) is 7.05 Å². The quantitative estimate of drug-likeness (QED) is 0.483. The standard InChI is InChI=1S/C15H24N4/c1-6-9-17-15(16-3)18-11-13-7-8-14(19(4)5)10-12(13)2/h6-8,10H,1,9,11H2,2-5H3,(H2,16,17,18). The average molecular weight is 260 g/mol. The number of aliphatic imine (C=N–C) groups is 1. The summed E-state index contributed by atoms with van der Waals surface area (Å²) in [6, 6.07) is 6.47. The van der Waals surface area contributed by atoms with Crippen molar-refractivity contribution in [2.24, 2.45) is 4.99 Å². The van der Waals surface area contributed by atoms with Gasteiger partial charge in [0.05, 0.1) is 0 Å². The van der Waals surface area contributed by atoms with Crippen molar-refractivity contribution in [3.8, 4) is 0 Å². The molecule has 2 N–H and O–H groups in total. The number of hydrogen-bond acceptors (Lipinski definition) is 2. The van der Waals surface area contributed by atoms with E-state index in [9.17, 15) is 0 Å². The SMILES string of the molecule is C=CCNC(=NC)NCc1ccc(N(C)C)cc1C. The Bertz CT molecular complexity index is 449. The monoisotopic (exact) mass is 260 g/mol. The summed E-state index contributed by atoms with van der Waals surface area (Å²) < 4.78 is 0. The van der Waals surface area contributed by atoms with Gasteiger partial charge in [0, 0.05) is 39.9 Å². The van der Waals surface area contributed by atoms with Gasteiger partial charge < -0.3 is 15.5 Å². The van der Waals surface area contributed by atoms with Crippen LogP contribution in [-0.4, -0.2) is 33.6 Å². The molecule has 0 bridgehead atoms. The van der Waals surface area contributed by atoms with Crippen molar-refractivity contribution in [2.45, 2.75) is 13.5 Å². The lowest BCUT2D eigenvalue weighted by Crippen LogP contribution is -2.36. The van der Waals surface area contributed by atoms with Crippen LogP contribution in [0.4, 0.5) is 5.69 Å². The van der Waals surface area contributed by atoms with E-state index in [4.69, 9.17) is 0 Å². The molecule has 0 atom stereocenters. The van der Waals surface area contributed by atoms with E-state index in [0.717, 1.165) is 12.5 Å². The van der Waals surface area contributed by atoms with E-state index in [1.807, 2.05) is 20.2 Å². The summed E-state index contributed by atoms with van der Waals surface area (Å²) >= 11 is 0.